The molecule has 5 heteroatoms. The van der Waals surface area contributed by atoms with Gasteiger partial charge in [-0.3, -0.25) is 0 Å². The van der Waals surface area contributed by atoms with Crippen molar-refractivity contribution >= 4 is 5.95 Å². The molecule has 20 heavy (non-hydrogen) atoms. The molecule has 2 aromatic rings. The first-order valence-electron chi connectivity index (χ1n) is 6.65. The molecule has 1 N–H and O–H groups in total. The summed E-state index contributed by atoms with van der Waals surface area (Å²) in [7, 11) is 1.66. The molecule has 0 radical (unpaired) electrons. The van der Waals surface area contributed by atoms with Crippen molar-refractivity contribution in [3.63, 3.8) is 0 Å². The van der Waals surface area contributed by atoms with Gasteiger partial charge in [0.05, 0.1) is 18.3 Å². The van der Waals surface area contributed by atoms with Crippen LogP contribution in [-0.4, -0.2) is 29.8 Å². The average Bonchev–Trinajstić information content (AvgIpc) is 2.79. The van der Waals surface area contributed by atoms with Crippen molar-refractivity contribution in [3.05, 3.63) is 47.5 Å². The van der Waals surface area contributed by atoms with Gasteiger partial charge in [0.15, 0.2) is 0 Å². The van der Waals surface area contributed by atoms with Crippen molar-refractivity contribution in [2.75, 3.05) is 25.6 Å². The standard InChI is InChI=1S/C15H20FN3O/c1-11-10-19(15(18-11)17-7-8-20-3)12(2)13-5-4-6-14(16)9-13/h4-6,9-10,12H,7-8H2,1-3H3,(H,17,18). The largest absolute Gasteiger partial charge is 0.383 e. The summed E-state index contributed by atoms with van der Waals surface area (Å²) in [4.78, 5) is 4.45. The van der Waals surface area contributed by atoms with E-state index in [2.05, 4.69) is 10.3 Å². The van der Waals surface area contributed by atoms with Gasteiger partial charge in [-0.1, -0.05) is 12.1 Å². The summed E-state index contributed by atoms with van der Waals surface area (Å²) in [6, 6.07) is 6.66. The summed E-state index contributed by atoms with van der Waals surface area (Å²) in [5.74, 6) is 0.552. The van der Waals surface area contributed by atoms with Gasteiger partial charge >= 0.3 is 0 Å². The van der Waals surface area contributed by atoms with E-state index in [4.69, 9.17) is 4.74 Å². The first kappa shape index (κ1) is 14.5. The van der Waals surface area contributed by atoms with Crippen molar-refractivity contribution in [1.82, 2.24) is 9.55 Å². The van der Waals surface area contributed by atoms with Gasteiger partial charge in [-0.15, -0.1) is 0 Å². The van der Waals surface area contributed by atoms with Crippen LogP contribution in [0.1, 0.15) is 24.2 Å². The summed E-state index contributed by atoms with van der Waals surface area (Å²) in [6.07, 6.45) is 1.96. The molecule has 0 aliphatic carbocycles. The second-order valence-corrected chi connectivity index (χ2v) is 4.76. The molecule has 0 saturated heterocycles. The molecule has 108 valence electrons. The van der Waals surface area contributed by atoms with Gasteiger partial charge < -0.3 is 14.6 Å². The number of ether oxygens (including phenoxy) is 1. The van der Waals surface area contributed by atoms with E-state index in [0.717, 1.165) is 17.2 Å². The van der Waals surface area contributed by atoms with E-state index in [1.807, 2.05) is 30.7 Å². The van der Waals surface area contributed by atoms with E-state index < -0.39 is 0 Å². The van der Waals surface area contributed by atoms with Crippen molar-refractivity contribution in [2.24, 2.45) is 0 Å². The second-order valence-electron chi connectivity index (χ2n) is 4.76. The van der Waals surface area contributed by atoms with Crippen LogP contribution in [-0.2, 0) is 4.74 Å². The fraction of sp³-hybridized carbons (Fsp3) is 0.400. The van der Waals surface area contributed by atoms with Crippen molar-refractivity contribution < 1.29 is 9.13 Å². The maximum Gasteiger partial charge on any atom is 0.203 e. The van der Waals surface area contributed by atoms with Gasteiger partial charge in [-0.05, 0) is 31.5 Å². The third-order valence-corrected chi connectivity index (χ3v) is 3.19. The van der Waals surface area contributed by atoms with Crippen LogP contribution < -0.4 is 5.32 Å². The molecule has 0 fully saturated rings. The highest BCUT2D eigenvalue weighted by Gasteiger charge is 2.14. The summed E-state index contributed by atoms with van der Waals surface area (Å²) < 4.78 is 20.4. The summed E-state index contributed by atoms with van der Waals surface area (Å²) in [5.41, 5.74) is 1.84. The molecule has 1 atom stereocenters. The van der Waals surface area contributed by atoms with Crippen LogP contribution in [0.25, 0.3) is 0 Å². The molecule has 1 aromatic heterocycles. The lowest BCUT2D eigenvalue weighted by Gasteiger charge is -2.17. The van der Waals surface area contributed by atoms with Crippen LogP contribution in [0.4, 0.5) is 10.3 Å². The number of benzene rings is 1. The predicted octanol–water partition coefficient (Wildman–Crippen LogP) is 3.00. The Morgan fingerprint density at radius 1 is 1.45 bits per heavy atom. The van der Waals surface area contributed by atoms with Gasteiger partial charge in [0.2, 0.25) is 5.95 Å². The molecule has 1 unspecified atom stereocenters. The number of methoxy groups -OCH3 is 1. The predicted molar refractivity (Wildman–Crippen MR) is 77.5 cm³/mol. The normalized spacial score (nSPS) is 12.4. The number of rotatable bonds is 6. The number of nitrogens with zero attached hydrogens (tertiary/aromatic N) is 2. The molecule has 0 amide bonds. The Labute approximate surface area is 118 Å². The van der Waals surface area contributed by atoms with Crippen molar-refractivity contribution in [2.45, 2.75) is 19.9 Å². The minimum Gasteiger partial charge on any atom is -0.383 e. The Morgan fingerprint density at radius 2 is 2.25 bits per heavy atom. The molecule has 0 saturated carbocycles. The zero-order chi connectivity index (χ0) is 14.5. The Morgan fingerprint density at radius 3 is 2.95 bits per heavy atom. The maximum atomic E-state index is 13.3. The van der Waals surface area contributed by atoms with E-state index in [-0.39, 0.29) is 11.9 Å². The highest BCUT2D eigenvalue weighted by Crippen LogP contribution is 2.23. The number of hydrogen-bond acceptors (Lipinski definition) is 3. The maximum absolute atomic E-state index is 13.3. The van der Waals surface area contributed by atoms with Gasteiger partial charge in [0.1, 0.15) is 5.82 Å². The Kier molecular flexibility index (Phi) is 4.74. The zero-order valence-corrected chi connectivity index (χ0v) is 12.1. The second kappa shape index (κ2) is 6.52. The molecule has 2 rings (SSSR count). The monoisotopic (exact) mass is 277 g/mol. The Balaban J connectivity index is 2.22. The molecule has 0 spiro atoms. The topological polar surface area (TPSA) is 39.1 Å². The Bertz CT molecular complexity index is 568. The molecule has 1 aromatic carbocycles. The van der Waals surface area contributed by atoms with Crippen LogP contribution in [0.3, 0.4) is 0 Å². The van der Waals surface area contributed by atoms with Crippen LogP contribution in [0.5, 0.6) is 0 Å². The van der Waals surface area contributed by atoms with E-state index in [1.54, 1.807) is 19.2 Å². The lowest BCUT2D eigenvalue weighted by atomic mass is 10.1. The fourth-order valence-electron chi connectivity index (χ4n) is 2.13. The first-order chi connectivity index (χ1) is 9.61. The lowest BCUT2D eigenvalue weighted by Crippen LogP contribution is -2.15. The van der Waals surface area contributed by atoms with Gasteiger partial charge in [-0.2, -0.15) is 0 Å². The zero-order valence-electron chi connectivity index (χ0n) is 12.1. The third-order valence-electron chi connectivity index (χ3n) is 3.19. The number of aromatic nitrogens is 2. The lowest BCUT2D eigenvalue weighted by molar-refractivity contribution is 0.210. The molecular weight excluding hydrogens is 257 g/mol. The number of nitrogens with one attached hydrogen (secondary N) is 1. The van der Waals surface area contributed by atoms with Crippen LogP contribution >= 0.6 is 0 Å². The fourth-order valence-corrected chi connectivity index (χ4v) is 2.13. The molecule has 0 bridgehead atoms. The van der Waals surface area contributed by atoms with Crippen molar-refractivity contribution in [1.29, 1.82) is 0 Å². The van der Waals surface area contributed by atoms with Gasteiger partial charge in [-0.25, -0.2) is 9.37 Å². The highest BCUT2D eigenvalue weighted by molar-refractivity contribution is 5.32. The smallest absolute Gasteiger partial charge is 0.203 e. The van der Waals surface area contributed by atoms with E-state index in [9.17, 15) is 4.39 Å². The summed E-state index contributed by atoms with van der Waals surface area (Å²) in [6.45, 7) is 5.26. The third kappa shape index (κ3) is 3.36. The SMILES string of the molecule is COCCNc1nc(C)cn1C(C)c1cccc(F)c1. The first-order valence-corrected chi connectivity index (χ1v) is 6.65. The van der Waals surface area contributed by atoms with Gasteiger partial charge in [0.25, 0.3) is 0 Å². The van der Waals surface area contributed by atoms with E-state index >= 15 is 0 Å². The number of anilines is 1. The van der Waals surface area contributed by atoms with Crippen LogP contribution in [0.2, 0.25) is 0 Å². The summed E-state index contributed by atoms with van der Waals surface area (Å²) in [5, 5.41) is 3.23. The molecule has 1 heterocycles. The van der Waals surface area contributed by atoms with Gasteiger partial charge in [0, 0.05) is 19.9 Å². The average molecular weight is 277 g/mol. The highest BCUT2D eigenvalue weighted by atomic mass is 19.1. The number of halogens is 1. The van der Waals surface area contributed by atoms with E-state index in [1.165, 1.54) is 6.07 Å². The Hall–Kier alpha value is -1.88. The van der Waals surface area contributed by atoms with Crippen molar-refractivity contribution in [3.8, 4) is 0 Å². The number of aryl methyl sites for hydroxylation is 1. The number of hydrogen-bond donors (Lipinski definition) is 1. The summed E-state index contributed by atoms with van der Waals surface area (Å²) >= 11 is 0. The number of imidazole rings is 1. The quantitative estimate of drug-likeness (QED) is 0.825. The molecule has 4 nitrogen and oxygen atoms in total. The minimum absolute atomic E-state index is 0.0111. The van der Waals surface area contributed by atoms with Crippen LogP contribution in [0, 0.1) is 12.7 Å². The van der Waals surface area contributed by atoms with E-state index in [0.29, 0.717) is 13.2 Å². The molecule has 0 aliphatic heterocycles. The minimum atomic E-state index is -0.222. The van der Waals surface area contributed by atoms with Crippen LogP contribution in [0.15, 0.2) is 30.5 Å². The molecule has 0 aliphatic rings. The molecular formula is C15H20FN3O.